The molecule has 0 aromatic rings. The fourth-order valence-corrected chi connectivity index (χ4v) is 2.21. The van der Waals surface area contributed by atoms with Gasteiger partial charge in [-0.05, 0) is 39.8 Å². The number of likely N-dealkylation sites (N-methyl/N-ethyl adjacent to an activating group) is 1. The maximum absolute atomic E-state index is 11.6. The number of hydrogen-bond acceptors (Lipinski definition) is 4. The number of amides is 2. The van der Waals surface area contributed by atoms with Gasteiger partial charge >= 0.3 is 0 Å². The lowest BCUT2D eigenvalue weighted by Gasteiger charge is -2.13. The smallest absolute Gasteiger partial charge is 0.246 e. The molecule has 2 N–H and O–H groups in total. The zero-order valence-electron chi connectivity index (χ0n) is 16.7. The number of carbonyl (C=O) groups excluding carboxylic acids is 2. The van der Waals surface area contributed by atoms with E-state index in [1.807, 2.05) is 32.7 Å². The predicted molar refractivity (Wildman–Crippen MR) is 103 cm³/mol. The van der Waals surface area contributed by atoms with Crippen molar-refractivity contribution in [3.63, 3.8) is 0 Å². The molecule has 0 fully saturated rings. The number of ether oxygens (including phenoxy) is 1. The van der Waals surface area contributed by atoms with E-state index in [0.29, 0.717) is 6.54 Å². The summed E-state index contributed by atoms with van der Waals surface area (Å²) in [7, 11) is 1.95. The van der Waals surface area contributed by atoms with Crippen molar-refractivity contribution in [1.82, 2.24) is 15.5 Å². The molecule has 0 aliphatic carbocycles. The van der Waals surface area contributed by atoms with Crippen LogP contribution < -0.4 is 10.6 Å². The molecular formula is C19H39N3O3. The first kappa shape index (κ1) is 23.9. The fourth-order valence-electron chi connectivity index (χ4n) is 2.21. The summed E-state index contributed by atoms with van der Waals surface area (Å²) in [4.78, 5) is 25.1. The molecule has 148 valence electrons. The fraction of sp³-hybridized carbons (Fsp3) is 0.895. The third-order valence-electron chi connectivity index (χ3n) is 4.28. The van der Waals surface area contributed by atoms with Gasteiger partial charge in [-0.3, -0.25) is 14.5 Å². The molecule has 1 unspecified atom stereocenters. The van der Waals surface area contributed by atoms with E-state index in [2.05, 4.69) is 10.6 Å². The highest BCUT2D eigenvalue weighted by Crippen LogP contribution is 2.04. The van der Waals surface area contributed by atoms with Gasteiger partial charge in [0.25, 0.3) is 0 Å². The maximum Gasteiger partial charge on any atom is 0.246 e. The van der Waals surface area contributed by atoms with E-state index in [-0.39, 0.29) is 24.5 Å². The topological polar surface area (TPSA) is 70.7 Å². The largest absolute Gasteiger partial charge is 0.369 e. The number of carbonyl (C=O) groups is 2. The van der Waals surface area contributed by atoms with E-state index in [9.17, 15) is 9.59 Å². The first-order valence-electron chi connectivity index (χ1n) is 9.83. The highest BCUT2D eigenvalue weighted by molar-refractivity contribution is 5.78. The summed E-state index contributed by atoms with van der Waals surface area (Å²) in [6, 6.07) is 0. The molecule has 0 aliphatic rings. The van der Waals surface area contributed by atoms with Gasteiger partial charge in [0.05, 0.1) is 12.6 Å². The summed E-state index contributed by atoms with van der Waals surface area (Å²) in [5.41, 5.74) is 0. The molecule has 6 heteroatoms. The summed E-state index contributed by atoms with van der Waals surface area (Å²) < 4.78 is 5.39. The second kappa shape index (κ2) is 16.3. The Labute approximate surface area is 154 Å². The molecule has 0 saturated heterocycles. The van der Waals surface area contributed by atoms with Crippen LogP contribution in [0.25, 0.3) is 0 Å². The van der Waals surface area contributed by atoms with Crippen molar-refractivity contribution in [1.29, 1.82) is 0 Å². The van der Waals surface area contributed by atoms with Gasteiger partial charge in [-0.1, -0.05) is 39.5 Å². The highest BCUT2D eigenvalue weighted by atomic mass is 16.5. The third kappa shape index (κ3) is 16.1. The van der Waals surface area contributed by atoms with Crippen molar-refractivity contribution < 1.29 is 14.3 Å². The Balaban J connectivity index is 3.31. The Hall–Kier alpha value is -1.14. The van der Waals surface area contributed by atoms with Gasteiger partial charge in [-0.25, -0.2) is 0 Å². The Bertz CT molecular complexity index is 351. The minimum atomic E-state index is -0.0234. The van der Waals surface area contributed by atoms with Crippen LogP contribution in [-0.4, -0.2) is 62.7 Å². The summed E-state index contributed by atoms with van der Waals surface area (Å²) >= 11 is 0. The van der Waals surface area contributed by atoms with E-state index < -0.39 is 0 Å². The van der Waals surface area contributed by atoms with Crippen molar-refractivity contribution in [2.45, 2.75) is 71.8 Å². The SMILES string of the molecule is CCC(C)OCC(=O)NCCCCCCCCNC(=O)CN(C)CC. The normalized spacial score (nSPS) is 12.2. The molecule has 0 rings (SSSR count). The number of nitrogens with zero attached hydrogens (tertiary/aromatic N) is 1. The molecule has 0 spiro atoms. The van der Waals surface area contributed by atoms with E-state index >= 15 is 0 Å². The van der Waals surface area contributed by atoms with Gasteiger partial charge in [0.15, 0.2) is 0 Å². The molecule has 0 aromatic carbocycles. The first-order valence-corrected chi connectivity index (χ1v) is 9.83. The Morgan fingerprint density at radius 2 is 1.44 bits per heavy atom. The molecule has 2 amide bonds. The van der Waals surface area contributed by atoms with Crippen LogP contribution in [0.5, 0.6) is 0 Å². The number of unbranched alkanes of at least 4 members (excludes halogenated alkanes) is 5. The first-order chi connectivity index (χ1) is 12.0. The van der Waals surface area contributed by atoms with Gasteiger partial charge in [0, 0.05) is 13.1 Å². The van der Waals surface area contributed by atoms with E-state index in [4.69, 9.17) is 4.74 Å². The minimum absolute atomic E-state index is 0.0234. The van der Waals surface area contributed by atoms with Gasteiger partial charge in [-0.15, -0.1) is 0 Å². The molecule has 0 aliphatic heterocycles. The van der Waals surface area contributed by atoms with Crippen LogP contribution in [0.15, 0.2) is 0 Å². The zero-order chi connectivity index (χ0) is 18.9. The molecule has 1 atom stereocenters. The molecule has 0 bridgehead atoms. The van der Waals surface area contributed by atoms with Crippen molar-refractivity contribution in [3.05, 3.63) is 0 Å². The molecule has 0 saturated carbocycles. The average Bonchev–Trinajstić information content (AvgIpc) is 2.60. The number of nitrogens with one attached hydrogen (secondary N) is 2. The summed E-state index contributed by atoms with van der Waals surface area (Å²) in [6.07, 6.45) is 7.72. The molecule has 0 heterocycles. The molecular weight excluding hydrogens is 318 g/mol. The van der Waals surface area contributed by atoms with Crippen LogP contribution in [-0.2, 0) is 14.3 Å². The second-order valence-corrected chi connectivity index (χ2v) is 6.68. The summed E-state index contributed by atoms with van der Waals surface area (Å²) in [6.45, 7) is 9.08. The van der Waals surface area contributed by atoms with E-state index in [1.54, 1.807) is 0 Å². The monoisotopic (exact) mass is 357 g/mol. The Kier molecular flexibility index (Phi) is 15.6. The lowest BCUT2D eigenvalue weighted by atomic mass is 10.1. The molecule has 0 radical (unpaired) electrons. The molecule has 0 aromatic heterocycles. The summed E-state index contributed by atoms with van der Waals surface area (Å²) in [5, 5.41) is 5.85. The minimum Gasteiger partial charge on any atom is -0.369 e. The zero-order valence-corrected chi connectivity index (χ0v) is 16.7. The van der Waals surface area contributed by atoms with Crippen LogP contribution >= 0.6 is 0 Å². The second-order valence-electron chi connectivity index (χ2n) is 6.68. The van der Waals surface area contributed by atoms with Crippen molar-refractivity contribution in [2.24, 2.45) is 0 Å². The Morgan fingerprint density at radius 1 is 0.920 bits per heavy atom. The third-order valence-corrected chi connectivity index (χ3v) is 4.28. The van der Waals surface area contributed by atoms with Gasteiger partial charge < -0.3 is 15.4 Å². The average molecular weight is 358 g/mol. The van der Waals surface area contributed by atoms with Gasteiger partial charge in [0.2, 0.25) is 11.8 Å². The van der Waals surface area contributed by atoms with Crippen LogP contribution in [0.3, 0.4) is 0 Å². The maximum atomic E-state index is 11.6. The standard InChI is InChI=1S/C19H39N3O3/c1-5-17(3)25-16-19(24)21-14-12-10-8-7-9-11-13-20-18(23)15-22(4)6-2/h17H,5-16H2,1-4H3,(H,20,23)(H,21,24). The van der Waals surface area contributed by atoms with Gasteiger partial charge in [-0.2, -0.15) is 0 Å². The van der Waals surface area contributed by atoms with E-state index in [0.717, 1.165) is 51.7 Å². The van der Waals surface area contributed by atoms with Crippen LogP contribution in [0.1, 0.15) is 65.7 Å². The quantitative estimate of drug-likeness (QED) is 0.416. The van der Waals surface area contributed by atoms with Crippen molar-refractivity contribution in [2.75, 3.05) is 39.8 Å². The highest BCUT2D eigenvalue weighted by Gasteiger charge is 2.04. The lowest BCUT2D eigenvalue weighted by Crippen LogP contribution is -2.35. The van der Waals surface area contributed by atoms with E-state index in [1.165, 1.54) is 12.8 Å². The van der Waals surface area contributed by atoms with Gasteiger partial charge in [0.1, 0.15) is 6.61 Å². The van der Waals surface area contributed by atoms with Crippen LogP contribution in [0.4, 0.5) is 0 Å². The van der Waals surface area contributed by atoms with Crippen LogP contribution in [0, 0.1) is 0 Å². The van der Waals surface area contributed by atoms with Crippen molar-refractivity contribution >= 4 is 11.8 Å². The number of hydrogen-bond donors (Lipinski definition) is 2. The number of rotatable bonds is 16. The van der Waals surface area contributed by atoms with Crippen LogP contribution in [0.2, 0.25) is 0 Å². The molecule has 25 heavy (non-hydrogen) atoms. The molecule has 6 nitrogen and oxygen atoms in total. The predicted octanol–water partition coefficient (Wildman–Crippen LogP) is 2.33. The lowest BCUT2D eigenvalue weighted by molar-refractivity contribution is -0.127. The Morgan fingerprint density at radius 3 is 1.96 bits per heavy atom. The summed E-state index contributed by atoms with van der Waals surface area (Å²) in [5.74, 6) is 0.0853. The van der Waals surface area contributed by atoms with Crippen molar-refractivity contribution in [3.8, 4) is 0 Å².